The molecule has 0 radical (unpaired) electrons. The Morgan fingerprint density at radius 2 is 1.97 bits per heavy atom. The van der Waals surface area contributed by atoms with Crippen molar-refractivity contribution in [2.45, 2.75) is 43.9 Å². The second-order valence-electron chi connectivity index (χ2n) is 8.09. The van der Waals surface area contributed by atoms with Crippen LogP contribution in [-0.4, -0.2) is 73.7 Å². The summed E-state index contributed by atoms with van der Waals surface area (Å²) in [6, 6.07) is 5.41. The van der Waals surface area contributed by atoms with Gasteiger partial charge in [-0.2, -0.15) is 4.98 Å². The third kappa shape index (κ3) is 5.34. The van der Waals surface area contributed by atoms with Crippen LogP contribution in [0.5, 0.6) is 11.6 Å². The number of carbonyl (C=O) groups excluding carboxylic acids is 1. The summed E-state index contributed by atoms with van der Waals surface area (Å²) < 4.78 is 18.9. The molecule has 0 bridgehead atoms. The zero-order valence-electron chi connectivity index (χ0n) is 18.6. The minimum atomic E-state index is -1.42. The number of aliphatic hydroxyl groups excluding tert-OH is 1. The maximum atomic E-state index is 13.1. The van der Waals surface area contributed by atoms with Crippen molar-refractivity contribution in [2.24, 2.45) is 0 Å². The third-order valence-corrected chi connectivity index (χ3v) is 5.91. The number of carboxylic acid groups (broad SMARTS) is 1. The van der Waals surface area contributed by atoms with E-state index in [1.54, 1.807) is 0 Å². The van der Waals surface area contributed by atoms with Gasteiger partial charge in [-0.25, -0.2) is 14.2 Å². The Morgan fingerprint density at radius 1 is 1.26 bits per heavy atom. The second kappa shape index (κ2) is 10.6. The number of carbonyl (C=O) groups is 2. The summed E-state index contributed by atoms with van der Waals surface area (Å²) in [7, 11) is 1.31. The number of hydrogen-bond donors (Lipinski definition) is 5. The van der Waals surface area contributed by atoms with Crippen molar-refractivity contribution in [2.75, 3.05) is 20.3 Å². The highest BCUT2D eigenvalue weighted by Gasteiger charge is 2.47. The number of nitrogens with one attached hydrogen (secondary N) is 1. The lowest BCUT2D eigenvalue weighted by Crippen LogP contribution is -2.54. The number of halogens is 1. The first kappa shape index (κ1) is 25.1. The van der Waals surface area contributed by atoms with Gasteiger partial charge in [0, 0.05) is 20.2 Å². The second-order valence-corrected chi connectivity index (χ2v) is 8.09. The van der Waals surface area contributed by atoms with Gasteiger partial charge in [-0.05, 0) is 43.4 Å². The molecule has 5 N–H and O–H groups in total. The summed E-state index contributed by atoms with van der Waals surface area (Å²) in [4.78, 5) is 33.6. The number of nitrogens with zero attached hydrogens (tertiary/aromatic N) is 3. The first-order chi connectivity index (χ1) is 16.2. The molecule has 11 nitrogen and oxygen atoms in total. The van der Waals surface area contributed by atoms with Gasteiger partial charge >= 0.3 is 6.09 Å². The van der Waals surface area contributed by atoms with Gasteiger partial charge in [-0.1, -0.05) is 12.1 Å². The first-order valence-corrected chi connectivity index (χ1v) is 10.7. The van der Waals surface area contributed by atoms with Crippen LogP contribution in [0.1, 0.15) is 47.6 Å². The molecule has 3 rings (SSSR count). The van der Waals surface area contributed by atoms with Crippen molar-refractivity contribution < 1.29 is 39.1 Å². The SMILES string of the molecule is CN(C(=O)O)C1(c2nc(O)c(O)c(C(=O)NCc3ccc(F)cc3)n2)CCC(CCCO)OC1. The average molecular weight is 478 g/mol. The van der Waals surface area contributed by atoms with Gasteiger partial charge < -0.3 is 30.5 Å². The molecule has 1 aromatic carbocycles. The van der Waals surface area contributed by atoms with Gasteiger partial charge in [-0.15, -0.1) is 0 Å². The summed E-state index contributed by atoms with van der Waals surface area (Å²) in [6.45, 7) is -0.146. The largest absolute Gasteiger partial charge is 0.501 e. The van der Waals surface area contributed by atoms with Gasteiger partial charge in [0.25, 0.3) is 11.8 Å². The number of aromatic nitrogens is 2. The molecule has 184 valence electrons. The van der Waals surface area contributed by atoms with Crippen LogP contribution in [0.15, 0.2) is 24.3 Å². The summed E-state index contributed by atoms with van der Waals surface area (Å²) in [6.07, 6.45) is 0.271. The monoisotopic (exact) mass is 478 g/mol. The smallest absolute Gasteiger partial charge is 0.407 e. The zero-order valence-corrected chi connectivity index (χ0v) is 18.6. The van der Waals surface area contributed by atoms with Gasteiger partial charge in [-0.3, -0.25) is 9.69 Å². The molecule has 2 unspecified atom stereocenters. The predicted molar refractivity (Wildman–Crippen MR) is 116 cm³/mol. The fraction of sp³-hybridized carbons (Fsp3) is 0.455. The fourth-order valence-electron chi connectivity index (χ4n) is 3.81. The lowest BCUT2D eigenvalue weighted by atomic mass is 9.86. The fourth-order valence-corrected chi connectivity index (χ4v) is 3.81. The van der Waals surface area contributed by atoms with Crippen LogP contribution in [0.25, 0.3) is 0 Å². The molecule has 1 fully saturated rings. The molecule has 2 aromatic rings. The summed E-state index contributed by atoms with van der Waals surface area (Å²) >= 11 is 0. The van der Waals surface area contributed by atoms with E-state index in [9.17, 15) is 29.3 Å². The van der Waals surface area contributed by atoms with Gasteiger partial charge in [0.2, 0.25) is 5.75 Å². The highest BCUT2D eigenvalue weighted by Crippen LogP contribution is 2.39. The Bertz CT molecular complexity index is 1030. The van der Waals surface area contributed by atoms with Crippen LogP contribution < -0.4 is 5.32 Å². The first-order valence-electron chi connectivity index (χ1n) is 10.7. The molecular weight excluding hydrogens is 451 g/mol. The summed E-state index contributed by atoms with van der Waals surface area (Å²) in [5.74, 6) is -3.20. The van der Waals surface area contributed by atoms with Crippen molar-refractivity contribution >= 4 is 12.0 Å². The quantitative estimate of drug-likeness (QED) is 0.380. The minimum absolute atomic E-state index is 0.00533. The van der Waals surface area contributed by atoms with E-state index in [2.05, 4.69) is 15.3 Å². The molecule has 1 saturated heterocycles. The van der Waals surface area contributed by atoms with Crippen molar-refractivity contribution in [1.82, 2.24) is 20.2 Å². The molecule has 2 heterocycles. The zero-order chi connectivity index (χ0) is 24.9. The van der Waals surface area contributed by atoms with Crippen molar-refractivity contribution in [3.8, 4) is 11.6 Å². The number of aliphatic hydroxyl groups is 1. The van der Waals surface area contributed by atoms with Crippen LogP contribution >= 0.6 is 0 Å². The molecule has 1 aliphatic rings. The number of likely N-dealkylation sites (N-methyl/N-ethyl adjacent to an activating group) is 1. The molecular formula is C22H27FN4O7. The molecule has 2 amide bonds. The summed E-state index contributed by atoms with van der Waals surface area (Å²) in [5, 5.41) is 41.7. The number of ether oxygens (including phenoxy) is 1. The van der Waals surface area contributed by atoms with Crippen LogP contribution in [-0.2, 0) is 16.8 Å². The number of amides is 2. The van der Waals surface area contributed by atoms with Crippen LogP contribution in [0, 0.1) is 5.82 Å². The molecule has 0 saturated carbocycles. The van der Waals surface area contributed by atoms with Crippen LogP contribution in [0.3, 0.4) is 0 Å². The Labute approximate surface area is 194 Å². The van der Waals surface area contributed by atoms with E-state index in [1.807, 2.05) is 0 Å². The number of hydrogen-bond acceptors (Lipinski definition) is 8. The summed E-state index contributed by atoms with van der Waals surface area (Å²) in [5.41, 5.74) is -1.37. The van der Waals surface area contributed by atoms with E-state index in [4.69, 9.17) is 9.84 Å². The van der Waals surface area contributed by atoms with Gasteiger partial charge in [0.05, 0.1) is 12.7 Å². The standard InChI is InChI=1S/C22H27FN4O7/c1-27(21(32)33)22(9-8-15(34-12-22)3-2-10-28)20-25-16(17(29)19(31)26-20)18(30)24-11-13-4-6-14(23)7-5-13/h4-7,15,28-29H,2-3,8-12H2,1H3,(H,24,30)(H,32,33)(H,25,26,31). The van der Waals surface area contributed by atoms with E-state index >= 15 is 0 Å². The molecule has 1 aliphatic heterocycles. The topological polar surface area (TPSA) is 165 Å². The lowest BCUT2D eigenvalue weighted by Gasteiger charge is -2.43. The normalized spacial score (nSPS) is 20.0. The molecule has 0 aliphatic carbocycles. The highest BCUT2D eigenvalue weighted by atomic mass is 19.1. The molecule has 12 heteroatoms. The number of rotatable bonds is 8. The van der Waals surface area contributed by atoms with E-state index in [0.717, 1.165) is 4.90 Å². The Kier molecular flexibility index (Phi) is 7.84. The van der Waals surface area contributed by atoms with E-state index in [-0.39, 0.29) is 38.1 Å². The van der Waals surface area contributed by atoms with E-state index in [1.165, 1.54) is 31.3 Å². The van der Waals surface area contributed by atoms with Gasteiger partial charge in [0.1, 0.15) is 11.4 Å². The molecule has 34 heavy (non-hydrogen) atoms. The van der Waals surface area contributed by atoms with E-state index < -0.39 is 40.7 Å². The maximum absolute atomic E-state index is 13.1. The molecule has 0 spiro atoms. The van der Waals surface area contributed by atoms with Crippen LogP contribution in [0.2, 0.25) is 0 Å². The Morgan fingerprint density at radius 3 is 2.56 bits per heavy atom. The number of benzene rings is 1. The molecule has 2 atom stereocenters. The van der Waals surface area contributed by atoms with Gasteiger partial charge in [0.15, 0.2) is 11.5 Å². The van der Waals surface area contributed by atoms with Crippen molar-refractivity contribution in [3.63, 3.8) is 0 Å². The lowest BCUT2D eigenvalue weighted by molar-refractivity contribution is -0.0849. The van der Waals surface area contributed by atoms with E-state index in [0.29, 0.717) is 24.8 Å². The average Bonchev–Trinajstić information content (AvgIpc) is 2.83. The highest BCUT2D eigenvalue weighted by molar-refractivity contribution is 5.95. The maximum Gasteiger partial charge on any atom is 0.407 e. The van der Waals surface area contributed by atoms with Crippen molar-refractivity contribution in [1.29, 1.82) is 0 Å². The minimum Gasteiger partial charge on any atom is -0.501 e. The third-order valence-electron chi connectivity index (χ3n) is 5.91. The Balaban J connectivity index is 1.89. The predicted octanol–water partition coefficient (Wildman–Crippen LogP) is 1.71. The number of aromatic hydroxyl groups is 2. The van der Waals surface area contributed by atoms with Crippen molar-refractivity contribution in [3.05, 3.63) is 47.2 Å². The molecule has 1 aromatic heterocycles. The van der Waals surface area contributed by atoms with Crippen LogP contribution in [0.4, 0.5) is 9.18 Å². The Hall–Kier alpha value is -3.51.